The lowest BCUT2D eigenvalue weighted by atomic mass is 10.1. The Bertz CT molecular complexity index is 943. The first kappa shape index (κ1) is 17.7. The molecule has 1 fully saturated rings. The van der Waals surface area contributed by atoms with Gasteiger partial charge in [-0.05, 0) is 44.2 Å². The van der Waals surface area contributed by atoms with Gasteiger partial charge in [-0.3, -0.25) is 9.69 Å². The Labute approximate surface area is 159 Å². The zero-order chi connectivity index (χ0) is 18.8. The van der Waals surface area contributed by atoms with Crippen molar-refractivity contribution in [3.8, 4) is 0 Å². The molecule has 1 aromatic carbocycles. The van der Waals surface area contributed by atoms with Crippen LogP contribution in [0.3, 0.4) is 0 Å². The predicted molar refractivity (Wildman–Crippen MR) is 106 cm³/mol. The largest absolute Gasteiger partial charge is 0.353 e. The van der Waals surface area contributed by atoms with Crippen LogP contribution < -0.4 is 0 Å². The van der Waals surface area contributed by atoms with Crippen molar-refractivity contribution < 1.29 is 4.79 Å². The van der Waals surface area contributed by atoms with Crippen molar-refractivity contribution in [2.75, 3.05) is 32.7 Å². The minimum Gasteiger partial charge on any atom is -0.353 e. The summed E-state index contributed by atoms with van der Waals surface area (Å²) in [6, 6.07) is 9.73. The van der Waals surface area contributed by atoms with Gasteiger partial charge < -0.3 is 9.47 Å². The highest BCUT2D eigenvalue weighted by atomic mass is 16.2. The van der Waals surface area contributed by atoms with Crippen molar-refractivity contribution in [2.24, 2.45) is 0 Å². The molecular formula is C21H25N5O. The van der Waals surface area contributed by atoms with E-state index >= 15 is 0 Å². The van der Waals surface area contributed by atoms with E-state index in [9.17, 15) is 4.79 Å². The van der Waals surface area contributed by atoms with E-state index in [-0.39, 0.29) is 5.91 Å². The minimum atomic E-state index is 0.0852. The molecule has 0 unspecified atom stereocenters. The second kappa shape index (κ2) is 7.48. The molecule has 3 aromatic rings. The van der Waals surface area contributed by atoms with Crippen molar-refractivity contribution in [1.82, 2.24) is 24.3 Å². The molecule has 0 atom stereocenters. The quantitative estimate of drug-likeness (QED) is 0.715. The van der Waals surface area contributed by atoms with Gasteiger partial charge in [0, 0.05) is 57.2 Å². The van der Waals surface area contributed by atoms with Gasteiger partial charge in [-0.2, -0.15) is 0 Å². The molecule has 6 nitrogen and oxygen atoms in total. The number of aryl methyl sites for hydroxylation is 2. The molecule has 4 rings (SSSR count). The lowest BCUT2D eigenvalue weighted by Crippen LogP contribution is -2.49. The zero-order valence-electron chi connectivity index (χ0n) is 15.9. The van der Waals surface area contributed by atoms with Crippen LogP contribution in [0.25, 0.3) is 11.0 Å². The molecule has 140 valence electrons. The summed E-state index contributed by atoms with van der Waals surface area (Å²) in [5.41, 5.74) is 4.15. The maximum Gasteiger partial charge on any atom is 0.254 e. The van der Waals surface area contributed by atoms with Crippen LogP contribution in [0.4, 0.5) is 0 Å². The molecular weight excluding hydrogens is 338 g/mol. The summed E-state index contributed by atoms with van der Waals surface area (Å²) in [6.45, 7) is 9.27. The van der Waals surface area contributed by atoms with Crippen molar-refractivity contribution >= 4 is 16.9 Å². The molecule has 2 aromatic heterocycles. The van der Waals surface area contributed by atoms with Crippen LogP contribution in [-0.2, 0) is 6.54 Å². The van der Waals surface area contributed by atoms with Gasteiger partial charge in [0.15, 0.2) is 0 Å². The van der Waals surface area contributed by atoms with Gasteiger partial charge in [-0.25, -0.2) is 9.97 Å². The van der Waals surface area contributed by atoms with Gasteiger partial charge in [0.2, 0.25) is 0 Å². The maximum atomic E-state index is 12.9. The molecule has 1 saturated heterocycles. The van der Waals surface area contributed by atoms with E-state index < -0.39 is 0 Å². The number of nitrogens with zero attached hydrogens (tertiary/aromatic N) is 5. The topological polar surface area (TPSA) is 54.3 Å². The Balaban J connectivity index is 1.38. The van der Waals surface area contributed by atoms with Gasteiger partial charge in [0.1, 0.15) is 0 Å². The van der Waals surface area contributed by atoms with E-state index in [2.05, 4.69) is 31.8 Å². The van der Waals surface area contributed by atoms with Gasteiger partial charge in [-0.1, -0.05) is 0 Å². The number of benzene rings is 1. The average Bonchev–Trinajstić information content (AvgIpc) is 3.20. The Morgan fingerprint density at radius 2 is 1.59 bits per heavy atom. The first-order chi connectivity index (χ1) is 13.1. The predicted octanol–water partition coefficient (Wildman–Crippen LogP) is 2.51. The number of aromatic nitrogens is 3. The fourth-order valence-corrected chi connectivity index (χ4v) is 3.50. The molecule has 0 N–H and O–H groups in total. The molecule has 0 bridgehead atoms. The third kappa shape index (κ3) is 3.85. The third-order valence-electron chi connectivity index (χ3n) is 5.32. The second-order valence-corrected chi connectivity index (χ2v) is 7.15. The van der Waals surface area contributed by atoms with Gasteiger partial charge in [0.05, 0.1) is 22.4 Å². The van der Waals surface area contributed by atoms with Crippen LogP contribution in [0.1, 0.15) is 21.7 Å². The van der Waals surface area contributed by atoms with E-state index in [1.165, 1.54) is 0 Å². The Morgan fingerprint density at radius 3 is 2.30 bits per heavy atom. The minimum absolute atomic E-state index is 0.0852. The number of hydrogen-bond acceptors (Lipinski definition) is 4. The molecule has 0 saturated carbocycles. The van der Waals surface area contributed by atoms with Crippen LogP contribution >= 0.6 is 0 Å². The molecule has 1 amide bonds. The highest BCUT2D eigenvalue weighted by Crippen LogP contribution is 2.16. The summed E-state index contributed by atoms with van der Waals surface area (Å²) in [6.07, 6.45) is 4.18. The number of hydrogen-bond donors (Lipinski definition) is 0. The second-order valence-electron chi connectivity index (χ2n) is 7.15. The Hall–Kier alpha value is -2.73. The Morgan fingerprint density at radius 1 is 0.926 bits per heavy atom. The van der Waals surface area contributed by atoms with Crippen LogP contribution in [-0.4, -0.2) is 63.0 Å². The van der Waals surface area contributed by atoms with Crippen LogP contribution in [0, 0.1) is 13.8 Å². The highest BCUT2D eigenvalue weighted by Gasteiger charge is 2.22. The summed E-state index contributed by atoms with van der Waals surface area (Å²) in [7, 11) is 0. The monoisotopic (exact) mass is 363 g/mol. The molecule has 0 aliphatic carbocycles. The van der Waals surface area contributed by atoms with Crippen molar-refractivity contribution in [3.63, 3.8) is 0 Å². The highest BCUT2D eigenvalue weighted by molar-refractivity contribution is 5.97. The SMILES string of the molecule is Cc1nc2ccc(C(=O)N3CCN(CCn4cccc4)CC3)cc2nc1C. The van der Waals surface area contributed by atoms with Gasteiger partial charge >= 0.3 is 0 Å². The standard InChI is InChI=1S/C21H25N5O/c1-16-17(2)23-20-15-18(5-6-19(20)22-16)21(27)26-13-11-25(12-14-26)10-9-24-7-3-4-8-24/h3-8,15H,9-14H2,1-2H3. The summed E-state index contributed by atoms with van der Waals surface area (Å²) in [4.78, 5) is 26.4. The number of carbonyl (C=O) groups is 1. The zero-order valence-corrected chi connectivity index (χ0v) is 15.9. The van der Waals surface area contributed by atoms with Crippen molar-refractivity contribution in [1.29, 1.82) is 0 Å². The molecule has 1 aliphatic heterocycles. The fourth-order valence-electron chi connectivity index (χ4n) is 3.50. The fraction of sp³-hybridized carbons (Fsp3) is 0.381. The van der Waals surface area contributed by atoms with E-state index in [0.29, 0.717) is 5.56 Å². The van der Waals surface area contributed by atoms with Crippen molar-refractivity contribution in [2.45, 2.75) is 20.4 Å². The molecule has 1 aliphatic rings. The third-order valence-corrected chi connectivity index (χ3v) is 5.32. The summed E-state index contributed by atoms with van der Waals surface area (Å²) in [5, 5.41) is 0. The number of fused-ring (bicyclic) bond motifs is 1. The van der Waals surface area contributed by atoms with Gasteiger partial charge in [-0.15, -0.1) is 0 Å². The van der Waals surface area contributed by atoms with E-state index in [0.717, 1.165) is 61.7 Å². The van der Waals surface area contributed by atoms with E-state index in [4.69, 9.17) is 0 Å². The van der Waals surface area contributed by atoms with E-state index in [1.54, 1.807) is 0 Å². The molecule has 3 heterocycles. The van der Waals surface area contributed by atoms with Crippen LogP contribution in [0.5, 0.6) is 0 Å². The van der Waals surface area contributed by atoms with E-state index in [1.807, 2.05) is 49.1 Å². The van der Waals surface area contributed by atoms with Crippen LogP contribution in [0.15, 0.2) is 42.7 Å². The lowest BCUT2D eigenvalue weighted by Gasteiger charge is -2.34. The summed E-state index contributed by atoms with van der Waals surface area (Å²) >= 11 is 0. The average molecular weight is 363 g/mol. The van der Waals surface area contributed by atoms with Crippen molar-refractivity contribution in [3.05, 3.63) is 59.7 Å². The maximum absolute atomic E-state index is 12.9. The van der Waals surface area contributed by atoms with Crippen LogP contribution in [0.2, 0.25) is 0 Å². The molecule has 0 radical (unpaired) electrons. The number of rotatable bonds is 4. The molecule has 0 spiro atoms. The number of carbonyl (C=O) groups excluding carboxylic acids is 1. The lowest BCUT2D eigenvalue weighted by molar-refractivity contribution is 0.0633. The first-order valence-electron chi connectivity index (χ1n) is 9.47. The molecule has 6 heteroatoms. The number of piperazine rings is 1. The summed E-state index contributed by atoms with van der Waals surface area (Å²) < 4.78 is 2.19. The number of amides is 1. The summed E-state index contributed by atoms with van der Waals surface area (Å²) in [5.74, 6) is 0.0852. The smallest absolute Gasteiger partial charge is 0.254 e. The Kier molecular flexibility index (Phi) is 4.90. The normalized spacial score (nSPS) is 15.4. The first-order valence-corrected chi connectivity index (χ1v) is 9.47. The molecule has 27 heavy (non-hydrogen) atoms. The van der Waals surface area contributed by atoms with Gasteiger partial charge in [0.25, 0.3) is 5.91 Å².